The Hall–Kier alpha value is -1.34. The molecule has 2 aromatic rings. The number of nitrogens with one attached hydrogen (secondary N) is 1. The summed E-state index contributed by atoms with van der Waals surface area (Å²) in [6.07, 6.45) is 1.44. The second-order valence-corrected chi connectivity index (χ2v) is 6.71. The van der Waals surface area contributed by atoms with Crippen molar-refractivity contribution in [2.24, 2.45) is 0 Å². The van der Waals surface area contributed by atoms with Crippen LogP contribution < -0.4 is 9.66 Å². The summed E-state index contributed by atoms with van der Waals surface area (Å²) < 4.78 is 31.4. The lowest BCUT2D eigenvalue weighted by atomic mass is 10.3. The maximum Gasteiger partial charge on any atom is 0.396 e. The van der Waals surface area contributed by atoms with Gasteiger partial charge in [-0.1, -0.05) is 24.7 Å². The van der Waals surface area contributed by atoms with E-state index in [9.17, 15) is 13.2 Å². The predicted molar refractivity (Wildman–Crippen MR) is 72.7 cm³/mol. The summed E-state index contributed by atoms with van der Waals surface area (Å²) in [6.45, 7) is 1.94. The number of benzene rings is 1. The lowest BCUT2D eigenvalue weighted by Crippen LogP contribution is -2.16. The SMILES string of the molecule is CCCCS(=O)(=O)Nc1ccc2oc(=O)sc2c1. The Bertz CT molecular complexity index is 699. The van der Waals surface area contributed by atoms with E-state index in [1.165, 1.54) is 0 Å². The Balaban J connectivity index is 2.24. The molecule has 5 nitrogen and oxygen atoms in total. The van der Waals surface area contributed by atoms with Crippen molar-refractivity contribution < 1.29 is 12.8 Å². The highest BCUT2D eigenvalue weighted by Crippen LogP contribution is 2.22. The molecule has 0 aliphatic carbocycles. The van der Waals surface area contributed by atoms with E-state index in [0.29, 0.717) is 22.4 Å². The van der Waals surface area contributed by atoms with E-state index in [4.69, 9.17) is 4.42 Å². The monoisotopic (exact) mass is 287 g/mol. The molecule has 1 heterocycles. The zero-order valence-corrected chi connectivity index (χ0v) is 11.4. The number of hydrogen-bond donors (Lipinski definition) is 1. The van der Waals surface area contributed by atoms with Crippen LogP contribution in [0, 0.1) is 0 Å². The zero-order chi connectivity index (χ0) is 13.2. The average molecular weight is 287 g/mol. The van der Waals surface area contributed by atoms with E-state index in [0.717, 1.165) is 17.8 Å². The summed E-state index contributed by atoms with van der Waals surface area (Å²) in [7, 11) is -3.31. The Morgan fingerprint density at radius 3 is 2.89 bits per heavy atom. The number of hydrogen-bond acceptors (Lipinski definition) is 5. The van der Waals surface area contributed by atoms with Gasteiger partial charge in [-0.2, -0.15) is 0 Å². The van der Waals surface area contributed by atoms with Crippen molar-refractivity contribution in [1.29, 1.82) is 0 Å². The molecule has 0 bridgehead atoms. The first-order valence-electron chi connectivity index (χ1n) is 5.54. The van der Waals surface area contributed by atoms with Gasteiger partial charge >= 0.3 is 4.94 Å². The van der Waals surface area contributed by atoms with Crippen molar-refractivity contribution in [2.45, 2.75) is 19.8 Å². The molecule has 0 radical (unpaired) electrons. The van der Waals surface area contributed by atoms with Gasteiger partial charge in [-0.25, -0.2) is 13.2 Å². The molecule has 0 aliphatic heterocycles. The third-order valence-electron chi connectivity index (χ3n) is 2.37. The van der Waals surface area contributed by atoms with Crippen LogP contribution >= 0.6 is 11.3 Å². The average Bonchev–Trinajstić information content (AvgIpc) is 2.65. The molecule has 1 aromatic heterocycles. The lowest BCUT2D eigenvalue weighted by Gasteiger charge is -2.06. The fourth-order valence-corrected chi connectivity index (χ4v) is 3.47. The van der Waals surface area contributed by atoms with Gasteiger partial charge < -0.3 is 4.42 Å². The number of rotatable bonds is 5. The van der Waals surface area contributed by atoms with Crippen LogP contribution in [0.5, 0.6) is 0 Å². The molecule has 1 aromatic carbocycles. The molecule has 0 fully saturated rings. The van der Waals surface area contributed by atoms with Gasteiger partial charge in [0.2, 0.25) is 10.0 Å². The first-order valence-corrected chi connectivity index (χ1v) is 8.01. The Labute approximate surface area is 108 Å². The summed E-state index contributed by atoms with van der Waals surface area (Å²) in [4.78, 5) is 10.6. The molecule has 0 amide bonds. The fraction of sp³-hybridized carbons (Fsp3) is 0.364. The van der Waals surface area contributed by atoms with Gasteiger partial charge in [0.15, 0.2) is 0 Å². The van der Waals surface area contributed by atoms with Crippen molar-refractivity contribution in [3.8, 4) is 0 Å². The van der Waals surface area contributed by atoms with Gasteiger partial charge in [0.1, 0.15) is 5.58 Å². The molecule has 2 rings (SSSR count). The largest absolute Gasteiger partial charge is 0.414 e. The normalized spacial score (nSPS) is 11.8. The van der Waals surface area contributed by atoms with E-state index in [1.807, 2.05) is 6.92 Å². The van der Waals surface area contributed by atoms with Crippen LogP contribution in [0.4, 0.5) is 5.69 Å². The second-order valence-electron chi connectivity index (χ2n) is 3.89. The molecule has 98 valence electrons. The maximum absolute atomic E-state index is 11.7. The highest BCUT2D eigenvalue weighted by molar-refractivity contribution is 7.92. The summed E-state index contributed by atoms with van der Waals surface area (Å²) in [5.41, 5.74) is 0.928. The third kappa shape index (κ3) is 3.11. The number of sulfonamides is 1. The molecule has 0 spiro atoms. The highest BCUT2D eigenvalue weighted by atomic mass is 32.2. The van der Waals surface area contributed by atoms with E-state index < -0.39 is 15.0 Å². The van der Waals surface area contributed by atoms with E-state index in [-0.39, 0.29) is 5.75 Å². The van der Waals surface area contributed by atoms with Crippen LogP contribution in [0.2, 0.25) is 0 Å². The van der Waals surface area contributed by atoms with E-state index in [1.54, 1.807) is 18.2 Å². The number of anilines is 1. The minimum atomic E-state index is -3.31. The third-order valence-corrected chi connectivity index (χ3v) is 4.53. The van der Waals surface area contributed by atoms with Gasteiger partial charge in [0.05, 0.1) is 16.1 Å². The predicted octanol–water partition coefficient (Wildman–Crippen LogP) is 2.40. The van der Waals surface area contributed by atoms with Gasteiger partial charge in [0.25, 0.3) is 0 Å². The molecular weight excluding hydrogens is 274 g/mol. The van der Waals surface area contributed by atoms with Crippen LogP contribution in [0.3, 0.4) is 0 Å². The molecule has 0 saturated heterocycles. The van der Waals surface area contributed by atoms with Gasteiger partial charge in [0, 0.05) is 0 Å². The van der Waals surface area contributed by atoms with E-state index in [2.05, 4.69) is 4.72 Å². The second kappa shape index (κ2) is 5.11. The first kappa shape index (κ1) is 13.1. The molecule has 0 atom stereocenters. The van der Waals surface area contributed by atoms with Crippen LogP contribution in [0.1, 0.15) is 19.8 Å². The maximum atomic E-state index is 11.7. The number of fused-ring (bicyclic) bond motifs is 1. The molecule has 0 unspecified atom stereocenters. The van der Waals surface area contributed by atoms with Crippen molar-refractivity contribution in [2.75, 3.05) is 10.5 Å². The van der Waals surface area contributed by atoms with Crippen LogP contribution in [-0.2, 0) is 10.0 Å². The fourth-order valence-electron chi connectivity index (χ4n) is 1.50. The Kier molecular flexibility index (Phi) is 3.72. The summed E-state index contributed by atoms with van der Waals surface area (Å²) in [5.74, 6) is 0.100. The molecule has 18 heavy (non-hydrogen) atoms. The summed E-state index contributed by atoms with van der Waals surface area (Å²) in [5, 5.41) is 0. The van der Waals surface area contributed by atoms with Crippen LogP contribution in [0.25, 0.3) is 10.3 Å². The van der Waals surface area contributed by atoms with Crippen molar-refractivity contribution in [3.05, 3.63) is 27.9 Å². The minimum Gasteiger partial charge on any atom is -0.414 e. The Morgan fingerprint density at radius 2 is 2.17 bits per heavy atom. The zero-order valence-electron chi connectivity index (χ0n) is 9.80. The van der Waals surface area contributed by atoms with E-state index >= 15 is 0 Å². The highest BCUT2D eigenvalue weighted by Gasteiger charge is 2.10. The van der Waals surface area contributed by atoms with Gasteiger partial charge in [-0.05, 0) is 24.6 Å². The van der Waals surface area contributed by atoms with Crippen molar-refractivity contribution in [3.63, 3.8) is 0 Å². The molecule has 1 N–H and O–H groups in total. The van der Waals surface area contributed by atoms with Crippen LogP contribution in [0.15, 0.2) is 27.4 Å². The van der Waals surface area contributed by atoms with Crippen LogP contribution in [-0.4, -0.2) is 14.2 Å². The quantitative estimate of drug-likeness (QED) is 0.916. The molecule has 7 heteroatoms. The Morgan fingerprint density at radius 1 is 1.39 bits per heavy atom. The summed E-state index contributed by atoms with van der Waals surface area (Å²) in [6, 6.07) is 4.78. The number of unbranched alkanes of at least 4 members (excludes halogenated alkanes) is 1. The minimum absolute atomic E-state index is 0.100. The first-order chi connectivity index (χ1) is 8.50. The smallest absolute Gasteiger partial charge is 0.396 e. The van der Waals surface area contributed by atoms with Gasteiger partial charge in [-0.15, -0.1) is 0 Å². The molecule has 0 aliphatic rings. The summed E-state index contributed by atoms with van der Waals surface area (Å²) >= 11 is 0.953. The van der Waals surface area contributed by atoms with Crippen molar-refractivity contribution in [1.82, 2.24) is 0 Å². The van der Waals surface area contributed by atoms with Gasteiger partial charge in [-0.3, -0.25) is 4.72 Å². The molecular formula is C11H13NO4S2. The lowest BCUT2D eigenvalue weighted by molar-refractivity contribution is 0.585. The molecule has 0 saturated carbocycles. The topological polar surface area (TPSA) is 76.4 Å². The van der Waals surface area contributed by atoms with Crippen molar-refractivity contribution >= 4 is 37.3 Å². The standard InChI is InChI=1S/C11H13NO4S2/c1-2-3-6-18(14,15)12-8-4-5-9-10(7-8)17-11(13)16-9/h4-5,7,12H,2-3,6H2,1H3.